The first-order valence-electron chi connectivity index (χ1n) is 35.4. The smallest absolute Gasteiger partial charge is 0.408 e. The first kappa shape index (κ1) is 69.3. The highest BCUT2D eigenvalue weighted by molar-refractivity contribution is 5.87. The van der Waals surface area contributed by atoms with Crippen molar-refractivity contribution in [2.45, 2.75) is 121 Å². The van der Waals surface area contributed by atoms with Crippen LogP contribution in [0, 0.1) is 0 Å². The third-order valence-electron chi connectivity index (χ3n) is 19.3. The number of nitrogen functional groups attached to an aromatic ring is 2. The molecule has 5 aromatic carbocycles. The van der Waals surface area contributed by atoms with E-state index in [2.05, 4.69) is 115 Å². The molecule has 4 fully saturated rings. The summed E-state index contributed by atoms with van der Waals surface area (Å²) in [6.45, 7) is 16.4. The minimum Gasteiger partial charge on any atom is -0.444 e. The number of hydrogen-bond acceptors (Lipinski definition) is 18. The van der Waals surface area contributed by atoms with E-state index < -0.39 is 34.5 Å². The molecule has 8 heterocycles. The van der Waals surface area contributed by atoms with Crippen LogP contribution in [0.25, 0.3) is 79.0 Å². The maximum Gasteiger partial charge on any atom is 0.408 e. The van der Waals surface area contributed by atoms with E-state index in [0.29, 0.717) is 78.7 Å². The average Bonchev–Trinajstić information content (AvgIpc) is 1.73. The number of imidazole rings is 2. The van der Waals surface area contributed by atoms with Crippen molar-refractivity contribution in [1.29, 1.82) is 0 Å². The number of morpholine rings is 2. The van der Waals surface area contributed by atoms with E-state index in [1.807, 2.05) is 142 Å². The predicted molar refractivity (Wildman–Crippen MR) is 401 cm³/mol. The van der Waals surface area contributed by atoms with E-state index in [9.17, 15) is 14.7 Å². The van der Waals surface area contributed by atoms with Crippen LogP contribution in [0.1, 0.15) is 96.8 Å². The summed E-state index contributed by atoms with van der Waals surface area (Å²) < 4.78 is 33.0. The van der Waals surface area contributed by atoms with Crippen molar-refractivity contribution < 1.29 is 38.4 Å². The van der Waals surface area contributed by atoms with Gasteiger partial charge in [0.1, 0.15) is 33.9 Å². The number of nitrogens with one attached hydrogen (secondary N) is 2. The summed E-state index contributed by atoms with van der Waals surface area (Å²) in [5, 5.41) is 16.0. The number of carbonyl (C=O) groups is 2. The lowest BCUT2D eigenvalue weighted by Gasteiger charge is -2.43. The molecule has 4 aliphatic rings. The van der Waals surface area contributed by atoms with Crippen LogP contribution in [0.15, 0.2) is 188 Å². The van der Waals surface area contributed by atoms with Gasteiger partial charge in [-0.25, -0.2) is 39.5 Å². The molecule has 2 saturated carbocycles. The van der Waals surface area contributed by atoms with Gasteiger partial charge in [-0.15, -0.1) is 0 Å². The van der Waals surface area contributed by atoms with Crippen LogP contribution in [-0.2, 0) is 41.4 Å². The highest BCUT2D eigenvalue weighted by atomic mass is 16.6. The van der Waals surface area contributed by atoms with Crippen LogP contribution in [0.4, 0.5) is 32.6 Å². The van der Waals surface area contributed by atoms with Crippen LogP contribution in [0.3, 0.4) is 0 Å². The van der Waals surface area contributed by atoms with Gasteiger partial charge in [0.15, 0.2) is 22.9 Å². The van der Waals surface area contributed by atoms with Crippen LogP contribution < -0.4 is 31.9 Å². The molecular weight excluding hydrogens is 1300 g/mol. The molecule has 15 rings (SSSR count). The van der Waals surface area contributed by atoms with Crippen molar-refractivity contribution in [3.05, 3.63) is 205 Å². The number of nitrogens with two attached hydrogens (primary N) is 2. The number of aliphatic hydroxyl groups is 1. The zero-order valence-corrected chi connectivity index (χ0v) is 59.1. The molecule has 6 aromatic heterocycles. The number of amides is 2. The Balaban J connectivity index is 0.000000176. The van der Waals surface area contributed by atoms with Crippen LogP contribution in [-0.4, -0.2) is 132 Å². The Bertz CT molecular complexity index is 4830. The summed E-state index contributed by atoms with van der Waals surface area (Å²) in [5.41, 5.74) is 25.6. The van der Waals surface area contributed by atoms with Gasteiger partial charge in [-0.1, -0.05) is 78.9 Å². The lowest BCUT2D eigenvalue weighted by atomic mass is 9.72. The second-order valence-corrected chi connectivity index (χ2v) is 28.9. The molecule has 530 valence electrons. The number of ether oxygens (including phenoxy) is 5. The Kier molecular flexibility index (Phi) is 19.7. The largest absolute Gasteiger partial charge is 0.444 e. The first-order chi connectivity index (χ1) is 49.8. The monoisotopic (exact) mass is 1380 g/mol. The molecule has 22 nitrogen and oxygen atoms in total. The van der Waals surface area contributed by atoms with Gasteiger partial charge in [0.05, 0.1) is 78.8 Å². The van der Waals surface area contributed by atoms with Gasteiger partial charge in [0, 0.05) is 72.4 Å². The second kappa shape index (κ2) is 29.3. The molecule has 0 radical (unpaired) electrons. The maximum atomic E-state index is 12.8. The fourth-order valence-corrected chi connectivity index (χ4v) is 13.9. The van der Waals surface area contributed by atoms with Crippen molar-refractivity contribution in [2.24, 2.45) is 0 Å². The number of aromatic nitrogens is 8. The minimum atomic E-state index is -0.581. The summed E-state index contributed by atoms with van der Waals surface area (Å²) in [4.78, 5) is 59.3. The fraction of sp³-hybridized carbons (Fsp3) is 0.333. The van der Waals surface area contributed by atoms with Gasteiger partial charge in [-0.2, -0.15) is 0 Å². The maximum absolute atomic E-state index is 12.8. The second-order valence-electron chi connectivity index (χ2n) is 28.9. The molecule has 11 aromatic rings. The topological polar surface area (TPSA) is 270 Å². The number of hydrogen-bond donors (Lipinski definition) is 5. The van der Waals surface area contributed by atoms with Crippen molar-refractivity contribution in [1.82, 2.24) is 49.7 Å². The number of rotatable bonds is 17. The number of carbonyl (C=O) groups excluding carboxylic acids is 2. The molecular formula is C81H88N14O8. The summed E-state index contributed by atoms with van der Waals surface area (Å²) in [6, 6.07) is 58.9. The first-order valence-corrected chi connectivity index (χ1v) is 35.4. The normalized spacial score (nSPS) is 17.2. The number of aliphatic hydroxyl groups excluding tert-OH is 1. The van der Waals surface area contributed by atoms with Gasteiger partial charge < -0.3 is 60.7 Å². The number of nitrogens with zero attached hydrogens (tertiary/aromatic N) is 10. The van der Waals surface area contributed by atoms with E-state index >= 15 is 0 Å². The van der Waals surface area contributed by atoms with E-state index in [-0.39, 0.29) is 18.8 Å². The van der Waals surface area contributed by atoms with Crippen molar-refractivity contribution in [3.8, 4) is 56.7 Å². The Morgan fingerprint density at radius 1 is 0.534 bits per heavy atom. The standard InChI is InChI=1S/C44H47N7O4.C37H41N7O4/c1-43(2,3)55-42(52)49-44(21-9-22-44)32-15-17-33(18-16-32)51-40(36-14-8-23-46-39(36)45)48-38-20-19-37(47-41(38)51)31-12-7-13-34(26-31)50-24-25-54-35(27-50)29-53-28-30-10-5-4-6-11-30;1-36(2,3)48-35(46)42-37(16-6-17-37)25-10-12-26(13-11-25)44-33(29-9-5-18-39-32(29)38)41-31-15-14-30(40-34(31)44)24-7-4-8-27(21-24)43-19-20-47-28(22-43)23-45/h4-8,10-20,23,26,35H,9,21-22,24-25,27-29H2,1-3H3,(H2,45,46)(H,49,52);4-5,7-15,18,21,28,45H,6,16-17,19-20,22-23H2,1-3H3,(H2,38,39)(H,42,46)/t35-;28-/m11/s1. The van der Waals surface area contributed by atoms with Crippen LogP contribution in [0.2, 0.25) is 0 Å². The van der Waals surface area contributed by atoms with Crippen molar-refractivity contribution in [2.75, 3.05) is 73.9 Å². The van der Waals surface area contributed by atoms with Crippen molar-refractivity contribution >= 4 is 57.5 Å². The van der Waals surface area contributed by atoms with Gasteiger partial charge in [-0.05, 0) is 194 Å². The molecule has 22 heteroatoms. The molecule has 2 atom stereocenters. The summed E-state index contributed by atoms with van der Waals surface area (Å²) in [7, 11) is 0. The molecule has 7 N–H and O–H groups in total. The van der Waals surface area contributed by atoms with E-state index in [0.717, 1.165) is 131 Å². The Morgan fingerprint density at radius 2 is 0.990 bits per heavy atom. The zero-order chi connectivity index (χ0) is 71.5. The molecule has 2 amide bonds. The number of alkyl carbamates (subject to hydrolysis) is 2. The average molecular weight is 1390 g/mol. The Hall–Kier alpha value is -10.8. The third-order valence-corrected chi connectivity index (χ3v) is 19.3. The van der Waals surface area contributed by atoms with Gasteiger partial charge in [0.2, 0.25) is 0 Å². The number of pyridine rings is 4. The number of fused-ring (bicyclic) bond motifs is 2. The van der Waals surface area contributed by atoms with Gasteiger partial charge in [0.25, 0.3) is 0 Å². The lowest BCUT2D eigenvalue weighted by molar-refractivity contribution is -0.0283. The molecule has 2 saturated heterocycles. The van der Waals surface area contributed by atoms with E-state index in [1.165, 1.54) is 0 Å². The summed E-state index contributed by atoms with van der Waals surface area (Å²) >= 11 is 0. The highest BCUT2D eigenvalue weighted by Gasteiger charge is 2.43. The third kappa shape index (κ3) is 15.4. The van der Waals surface area contributed by atoms with E-state index in [4.69, 9.17) is 55.1 Å². The fourth-order valence-electron chi connectivity index (χ4n) is 13.9. The molecule has 103 heavy (non-hydrogen) atoms. The van der Waals surface area contributed by atoms with E-state index in [1.54, 1.807) is 12.4 Å². The highest BCUT2D eigenvalue weighted by Crippen LogP contribution is 2.44. The molecule has 0 spiro atoms. The van der Waals surface area contributed by atoms with Gasteiger partial charge >= 0.3 is 12.2 Å². The summed E-state index contributed by atoms with van der Waals surface area (Å²) in [6.07, 6.45) is 7.70. The lowest BCUT2D eigenvalue weighted by Crippen LogP contribution is -2.52. The SMILES string of the molecule is CC(C)(C)OC(=O)NC1(c2ccc(-n3c(-c4cccnc4N)nc4ccc(-c5cccc(N6CCO[C@@H](CO)C6)c5)nc43)cc2)CCC1.CC(C)(C)OC(=O)NC1(c2ccc(-n3c(-c4cccnc4N)nc4ccc(-c5cccc(N6CCO[C@@H](COCc7ccccc7)C6)c5)nc43)cc2)CCC1. The number of anilines is 4. The Labute approximate surface area is 599 Å². The Morgan fingerprint density at radius 3 is 1.42 bits per heavy atom. The van der Waals surface area contributed by atoms with Crippen LogP contribution >= 0.6 is 0 Å². The number of benzene rings is 5. The van der Waals surface area contributed by atoms with Crippen molar-refractivity contribution in [3.63, 3.8) is 0 Å². The van der Waals surface area contributed by atoms with Gasteiger partial charge in [-0.3, -0.25) is 9.13 Å². The van der Waals surface area contributed by atoms with Crippen LogP contribution in [0.5, 0.6) is 0 Å². The predicted octanol–water partition coefficient (Wildman–Crippen LogP) is 13.9. The molecule has 0 unspecified atom stereocenters. The zero-order valence-electron chi connectivity index (χ0n) is 59.1. The molecule has 0 bridgehead atoms. The molecule has 2 aliphatic heterocycles. The quantitative estimate of drug-likeness (QED) is 0.0567. The minimum absolute atomic E-state index is 0.00952. The molecule has 2 aliphatic carbocycles. The summed E-state index contributed by atoms with van der Waals surface area (Å²) in [5.74, 6) is 2.04.